The molecule has 3 heterocycles. The Morgan fingerprint density at radius 3 is 2.95 bits per heavy atom. The molecule has 2 aliphatic rings. The fourth-order valence-corrected chi connectivity index (χ4v) is 3.79. The first-order valence-electron chi connectivity index (χ1n) is 8.23. The van der Waals surface area contributed by atoms with Crippen molar-refractivity contribution in [2.45, 2.75) is 70.7 Å². The van der Waals surface area contributed by atoms with E-state index in [-0.39, 0.29) is 0 Å². The Hall–Kier alpha value is -0.870. The van der Waals surface area contributed by atoms with Gasteiger partial charge in [0, 0.05) is 24.9 Å². The number of hydrogen-bond acceptors (Lipinski definition) is 3. The highest BCUT2D eigenvalue weighted by atomic mass is 16.5. The van der Waals surface area contributed by atoms with E-state index in [0.29, 0.717) is 24.2 Å². The number of aryl methyl sites for hydroxylation is 1. The summed E-state index contributed by atoms with van der Waals surface area (Å²) in [5.74, 6) is 1.81. The van der Waals surface area contributed by atoms with Gasteiger partial charge in [0.2, 0.25) is 0 Å². The molecule has 4 heteroatoms. The van der Waals surface area contributed by atoms with Gasteiger partial charge in [0.05, 0.1) is 18.2 Å². The normalized spacial score (nSPS) is 30.0. The van der Waals surface area contributed by atoms with Crippen LogP contribution >= 0.6 is 0 Å². The molecule has 4 atom stereocenters. The van der Waals surface area contributed by atoms with E-state index in [1.807, 2.05) is 6.20 Å². The van der Waals surface area contributed by atoms with Gasteiger partial charge in [-0.2, -0.15) is 0 Å². The van der Waals surface area contributed by atoms with Crippen molar-refractivity contribution in [3.05, 3.63) is 18.2 Å². The maximum absolute atomic E-state index is 6.07. The second kappa shape index (κ2) is 6.27. The lowest BCUT2D eigenvalue weighted by Gasteiger charge is -2.29. The summed E-state index contributed by atoms with van der Waals surface area (Å²) in [5.41, 5.74) is 0. The van der Waals surface area contributed by atoms with Gasteiger partial charge in [0.1, 0.15) is 5.82 Å². The summed E-state index contributed by atoms with van der Waals surface area (Å²) in [6.07, 6.45) is 11.0. The summed E-state index contributed by atoms with van der Waals surface area (Å²) >= 11 is 0. The monoisotopic (exact) mass is 277 g/mol. The predicted octanol–water partition coefficient (Wildman–Crippen LogP) is 2.90. The van der Waals surface area contributed by atoms with E-state index in [9.17, 15) is 0 Å². The molecule has 2 fully saturated rings. The Kier molecular flexibility index (Phi) is 4.41. The van der Waals surface area contributed by atoms with E-state index in [4.69, 9.17) is 4.74 Å². The molecule has 0 aromatic carbocycles. The zero-order chi connectivity index (χ0) is 13.9. The summed E-state index contributed by atoms with van der Waals surface area (Å²) < 4.78 is 8.39. The first kappa shape index (κ1) is 14.1. The van der Waals surface area contributed by atoms with Crippen LogP contribution in [0, 0.1) is 5.92 Å². The average molecular weight is 277 g/mol. The third-order valence-electron chi connectivity index (χ3n) is 4.69. The molecule has 112 valence electrons. The molecule has 2 bridgehead atoms. The van der Waals surface area contributed by atoms with Crippen LogP contribution in [-0.4, -0.2) is 28.3 Å². The number of hydrogen-bond donors (Lipinski definition) is 1. The summed E-state index contributed by atoms with van der Waals surface area (Å²) in [5, 5.41) is 3.73. The Labute approximate surface area is 121 Å². The van der Waals surface area contributed by atoms with Crippen molar-refractivity contribution in [1.82, 2.24) is 14.9 Å². The number of rotatable bonds is 7. The number of nitrogens with one attached hydrogen (secondary N) is 1. The van der Waals surface area contributed by atoms with Crippen LogP contribution in [-0.2, 0) is 11.3 Å². The Morgan fingerprint density at radius 1 is 1.40 bits per heavy atom. The van der Waals surface area contributed by atoms with Crippen LogP contribution in [0.1, 0.15) is 57.8 Å². The standard InChI is InChI=1S/C16H27N3O/c1-3-7-17-15(13-11-12-5-6-14(13)20-12)16-18-8-10-19(16)9-4-2/h8,10,12-15,17H,3-7,9,11H2,1-2H3. The quantitative estimate of drug-likeness (QED) is 0.833. The molecule has 0 amide bonds. The van der Waals surface area contributed by atoms with E-state index < -0.39 is 0 Å². The van der Waals surface area contributed by atoms with Gasteiger partial charge in [-0.05, 0) is 38.6 Å². The van der Waals surface area contributed by atoms with Gasteiger partial charge >= 0.3 is 0 Å². The van der Waals surface area contributed by atoms with Crippen LogP contribution in [0.5, 0.6) is 0 Å². The molecule has 1 N–H and O–H groups in total. The molecular weight excluding hydrogens is 250 g/mol. The summed E-state index contributed by atoms with van der Waals surface area (Å²) in [6.45, 7) is 6.55. The Morgan fingerprint density at radius 2 is 2.30 bits per heavy atom. The lowest BCUT2D eigenvalue weighted by Crippen LogP contribution is -2.36. The lowest BCUT2D eigenvalue weighted by atomic mass is 9.83. The van der Waals surface area contributed by atoms with Crippen molar-refractivity contribution in [2.75, 3.05) is 6.54 Å². The Bertz CT molecular complexity index is 431. The van der Waals surface area contributed by atoms with E-state index in [1.165, 1.54) is 25.1 Å². The highest BCUT2D eigenvalue weighted by Gasteiger charge is 2.45. The van der Waals surface area contributed by atoms with Gasteiger partial charge < -0.3 is 14.6 Å². The number of aromatic nitrogens is 2. The molecule has 2 saturated heterocycles. The molecule has 0 radical (unpaired) electrons. The van der Waals surface area contributed by atoms with Crippen molar-refractivity contribution >= 4 is 0 Å². The van der Waals surface area contributed by atoms with Crippen LogP contribution in [0.3, 0.4) is 0 Å². The minimum atomic E-state index is 0.354. The molecule has 1 aromatic rings. The topological polar surface area (TPSA) is 39.1 Å². The lowest BCUT2D eigenvalue weighted by molar-refractivity contribution is 0.0846. The van der Waals surface area contributed by atoms with E-state index in [0.717, 1.165) is 25.9 Å². The average Bonchev–Trinajstić information content (AvgIpc) is 3.16. The molecule has 0 aliphatic carbocycles. The van der Waals surface area contributed by atoms with Gasteiger partial charge in [0.15, 0.2) is 0 Å². The highest BCUT2D eigenvalue weighted by molar-refractivity contribution is 5.07. The van der Waals surface area contributed by atoms with Crippen molar-refractivity contribution in [1.29, 1.82) is 0 Å². The molecule has 1 aromatic heterocycles. The first-order chi connectivity index (χ1) is 9.83. The zero-order valence-corrected chi connectivity index (χ0v) is 12.7. The molecular formula is C16H27N3O. The molecule has 4 nitrogen and oxygen atoms in total. The maximum Gasteiger partial charge on any atom is 0.126 e. The van der Waals surface area contributed by atoms with E-state index in [2.05, 4.69) is 34.9 Å². The zero-order valence-electron chi connectivity index (χ0n) is 12.7. The first-order valence-corrected chi connectivity index (χ1v) is 8.23. The van der Waals surface area contributed by atoms with Gasteiger partial charge in [0.25, 0.3) is 0 Å². The van der Waals surface area contributed by atoms with Crippen molar-refractivity contribution < 1.29 is 4.74 Å². The fraction of sp³-hybridized carbons (Fsp3) is 0.812. The van der Waals surface area contributed by atoms with Gasteiger partial charge in [-0.25, -0.2) is 4.98 Å². The minimum Gasteiger partial charge on any atom is -0.375 e. The predicted molar refractivity (Wildman–Crippen MR) is 79.6 cm³/mol. The van der Waals surface area contributed by atoms with Crippen LogP contribution in [0.2, 0.25) is 0 Å². The van der Waals surface area contributed by atoms with Gasteiger partial charge in [-0.1, -0.05) is 13.8 Å². The second-order valence-electron chi connectivity index (χ2n) is 6.18. The van der Waals surface area contributed by atoms with Crippen LogP contribution < -0.4 is 5.32 Å². The van der Waals surface area contributed by atoms with Crippen molar-refractivity contribution in [2.24, 2.45) is 5.92 Å². The highest BCUT2D eigenvalue weighted by Crippen LogP contribution is 2.44. The molecule has 0 saturated carbocycles. The van der Waals surface area contributed by atoms with Crippen LogP contribution in [0.4, 0.5) is 0 Å². The minimum absolute atomic E-state index is 0.354. The molecule has 0 spiro atoms. The van der Waals surface area contributed by atoms with Crippen molar-refractivity contribution in [3.63, 3.8) is 0 Å². The number of ether oxygens (including phenoxy) is 1. The summed E-state index contributed by atoms with van der Waals surface area (Å²) in [4.78, 5) is 4.66. The van der Waals surface area contributed by atoms with Crippen LogP contribution in [0.25, 0.3) is 0 Å². The summed E-state index contributed by atoms with van der Waals surface area (Å²) in [6, 6.07) is 0.354. The third kappa shape index (κ3) is 2.63. The largest absolute Gasteiger partial charge is 0.375 e. The van der Waals surface area contributed by atoms with Gasteiger partial charge in [-0.15, -0.1) is 0 Å². The molecule has 2 aliphatic heterocycles. The van der Waals surface area contributed by atoms with Crippen LogP contribution in [0.15, 0.2) is 12.4 Å². The molecule has 3 rings (SSSR count). The smallest absolute Gasteiger partial charge is 0.126 e. The molecule has 4 unspecified atom stereocenters. The van der Waals surface area contributed by atoms with E-state index in [1.54, 1.807) is 0 Å². The number of imidazole rings is 1. The fourth-order valence-electron chi connectivity index (χ4n) is 3.79. The summed E-state index contributed by atoms with van der Waals surface area (Å²) in [7, 11) is 0. The third-order valence-corrected chi connectivity index (χ3v) is 4.69. The number of fused-ring (bicyclic) bond motifs is 2. The maximum atomic E-state index is 6.07. The Balaban J connectivity index is 1.80. The second-order valence-corrected chi connectivity index (χ2v) is 6.18. The van der Waals surface area contributed by atoms with Gasteiger partial charge in [-0.3, -0.25) is 0 Å². The van der Waals surface area contributed by atoms with Crippen molar-refractivity contribution in [3.8, 4) is 0 Å². The SMILES string of the molecule is CCCNC(c1nccn1CCC)C1CC2CCC1O2. The molecule has 20 heavy (non-hydrogen) atoms. The van der Waals surface area contributed by atoms with E-state index >= 15 is 0 Å². The number of nitrogens with zero attached hydrogens (tertiary/aromatic N) is 2.